The molecular formula is C15H24FN3. The maximum absolute atomic E-state index is 13.6. The van der Waals surface area contributed by atoms with Gasteiger partial charge >= 0.3 is 0 Å². The van der Waals surface area contributed by atoms with Crippen LogP contribution < -0.4 is 5.32 Å². The van der Waals surface area contributed by atoms with Gasteiger partial charge in [0.2, 0.25) is 0 Å². The first-order valence-electron chi connectivity index (χ1n) is 7.03. The Morgan fingerprint density at radius 1 is 1.32 bits per heavy atom. The van der Waals surface area contributed by atoms with E-state index in [2.05, 4.69) is 29.1 Å². The third-order valence-electron chi connectivity index (χ3n) is 3.75. The van der Waals surface area contributed by atoms with Gasteiger partial charge in [0.15, 0.2) is 0 Å². The van der Waals surface area contributed by atoms with Crippen LogP contribution in [0.25, 0.3) is 0 Å². The summed E-state index contributed by atoms with van der Waals surface area (Å²) in [5, 5.41) is 3.37. The molecule has 106 valence electrons. The fourth-order valence-electron chi connectivity index (χ4n) is 2.67. The van der Waals surface area contributed by atoms with Gasteiger partial charge in [-0.15, -0.1) is 0 Å². The lowest BCUT2D eigenvalue weighted by Crippen LogP contribution is -2.50. The molecule has 3 nitrogen and oxygen atoms in total. The van der Waals surface area contributed by atoms with Gasteiger partial charge in [0.1, 0.15) is 5.82 Å². The first-order valence-corrected chi connectivity index (χ1v) is 7.03. The normalized spacial score (nSPS) is 18.7. The molecule has 1 aromatic carbocycles. The second-order valence-electron chi connectivity index (χ2n) is 5.42. The van der Waals surface area contributed by atoms with Crippen LogP contribution in [-0.2, 0) is 6.54 Å². The molecule has 2 rings (SSSR count). The Balaban J connectivity index is 1.83. The number of benzene rings is 1. The Kier molecular flexibility index (Phi) is 5.31. The molecular weight excluding hydrogens is 241 g/mol. The molecule has 0 radical (unpaired) electrons. The van der Waals surface area contributed by atoms with Crippen LogP contribution in [0.1, 0.15) is 12.5 Å². The molecule has 4 heteroatoms. The summed E-state index contributed by atoms with van der Waals surface area (Å²) >= 11 is 0. The number of likely N-dealkylation sites (N-methyl/N-ethyl adjacent to an activating group) is 1. The Bertz CT molecular complexity index is 391. The van der Waals surface area contributed by atoms with E-state index >= 15 is 0 Å². The lowest BCUT2D eigenvalue weighted by atomic mass is 10.2. The predicted octanol–water partition coefficient (Wildman–Crippen LogP) is 1.55. The molecule has 0 bridgehead atoms. The highest BCUT2D eigenvalue weighted by molar-refractivity contribution is 5.16. The predicted molar refractivity (Wildman–Crippen MR) is 76.6 cm³/mol. The molecule has 1 saturated heterocycles. The van der Waals surface area contributed by atoms with Crippen molar-refractivity contribution in [2.24, 2.45) is 0 Å². The molecule has 19 heavy (non-hydrogen) atoms. The van der Waals surface area contributed by atoms with Gasteiger partial charge in [-0.25, -0.2) is 4.39 Å². The van der Waals surface area contributed by atoms with Gasteiger partial charge in [0.25, 0.3) is 0 Å². The van der Waals surface area contributed by atoms with E-state index in [1.165, 1.54) is 6.07 Å². The second-order valence-corrected chi connectivity index (χ2v) is 5.42. The molecule has 1 unspecified atom stereocenters. The van der Waals surface area contributed by atoms with Gasteiger partial charge in [-0.3, -0.25) is 4.90 Å². The number of rotatable bonds is 5. The van der Waals surface area contributed by atoms with Crippen LogP contribution >= 0.6 is 0 Å². The highest BCUT2D eigenvalue weighted by Crippen LogP contribution is 2.10. The standard InChI is InChI=1S/C15H24FN3/c1-13(19-9-7-17-8-10-19)11-18(2)12-14-5-3-4-6-15(14)16/h3-6,13,17H,7-12H2,1-2H3. The molecule has 0 aromatic heterocycles. The highest BCUT2D eigenvalue weighted by Gasteiger charge is 2.18. The number of hydrogen-bond donors (Lipinski definition) is 1. The largest absolute Gasteiger partial charge is 0.314 e. The molecule has 1 aliphatic heterocycles. The molecule has 0 spiro atoms. The Hall–Kier alpha value is -0.970. The van der Waals surface area contributed by atoms with Gasteiger partial charge in [-0.1, -0.05) is 18.2 Å². The van der Waals surface area contributed by atoms with Gasteiger partial charge in [0, 0.05) is 50.9 Å². The summed E-state index contributed by atoms with van der Waals surface area (Å²) in [6.07, 6.45) is 0. The maximum atomic E-state index is 13.6. The van der Waals surface area contributed by atoms with Crippen molar-refractivity contribution in [2.75, 3.05) is 39.8 Å². The Morgan fingerprint density at radius 3 is 2.68 bits per heavy atom. The maximum Gasteiger partial charge on any atom is 0.127 e. The SMILES string of the molecule is CC(CN(C)Cc1ccccc1F)N1CCNCC1. The summed E-state index contributed by atoms with van der Waals surface area (Å²) in [4.78, 5) is 4.69. The second kappa shape index (κ2) is 6.98. The number of hydrogen-bond acceptors (Lipinski definition) is 3. The Labute approximate surface area is 115 Å². The fraction of sp³-hybridized carbons (Fsp3) is 0.600. The monoisotopic (exact) mass is 265 g/mol. The van der Waals surface area contributed by atoms with E-state index < -0.39 is 0 Å². The van der Waals surface area contributed by atoms with Crippen molar-refractivity contribution in [3.63, 3.8) is 0 Å². The molecule has 1 N–H and O–H groups in total. The van der Waals surface area contributed by atoms with Crippen LogP contribution in [-0.4, -0.2) is 55.6 Å². The highest BCUT2D eigenvalue weighted by atomic mass is 19.1. The van der Waals surface area contributed by atoms with E-state index in [-0.39, 0.29) is 5.82 Å². The number of halogens is 1. The minimum atomic E-state index is -0.107. The molecule has 0 amide bonds. The molecule has 1 atom stereocenters. The molecule has 0 aliphatic carbocycles. The van der Waals surface area contributed by atoms with E-state index in [1.54, 1.807) is 6.07 Å². The van der Waals surface area contributed by atoms with Crippen molar-refractivity contribution >= 4 is 0 Å². The van der Waals surface area contributed by atoms with Crippen molar-refractivity contribution in [3.8, 4) is 0 Å². The summed E-state index contributed by atoms with van der Waals surface area (Å²) in [7, 11) is 2.06. The van der Waals surface area contributed by atoms with Crippen LogP contribution in [0.15, 0.2) is 24.3 Å². The number of nitrogens with zero attached hydrogens (tertiary/aromatic N) is 2. The molecule has 1 aromatic rings. The average molecular weight is 265 g/mol. The van der Waals surface area contributed by atoms with Crippen molar-refractivity contribution in [1.29, 1.82) is 0 Å². The minimum Gasteiger partial charge on any atom is -0.314 e. The lowest BCUT2D eigenvalue weighted by molar-refractivity contribution is 0.143. The third kappa shape index (κ3) is 4.27. The summed E-state index contributed by atoms with van der Waals surface area (Å²) in [5.74, 6) is -0.107. The quantitative estimate of drug-likeness (QED) is 0.871. The zero-order chi connectivity index (χ0) is 13.7. The van der Waals surface area contributed by atoms with E-state index in [0.29, 0.717) is 12.6 Å². The van der Waals surface area contributed by atoms with Crippen molar-refractivity contribution < 1.29 is 4.39 Å². The van der Waals surface area contributed by atoms with E-state index in [4.69, 9.17) is 0 Å². The first-order chi connectivity index (χ1) is 9.16. The smallest absolute Gasteiger partial charge is 0.127 e. The zero-order valence-corrected chi connectivity index (χ0v) is 11.9. The van der Waals surface area contributed by atoms with Crippen LogP contribution in [0.3, 0.4) is 0 Å². The molecule has 0 saturated carbocycles. The molecule has 1 aliphatic rings. The van der Waals surface area contributed by atoms with E-state index in [9.17, 15) is 4.39 Å². The molecule has 1 heterocycles. The van der Waals surface area contributed by atoms with E-state index in [0.717, 1.165) is 38.3 Å². The topological polar surface area (TPSA) is 18.5 Å². The van der Waals surface area contributed by atoms with E-state index in [1.807, 2.05) is 12.1 Å². The van der Waals surface area contributed by atoms with Gasteiger partial charge < -0.3 is 10.2 Å². The van der Waals surface area contributed by atoms with Crippen LogP contribution in [0.2, 0.25) is 0 Å². The fourth-order valence-corrected chi connectivity index (χ4v) is 2.67. The van der Waals surface area contributed by atoms with Gasteiger partial charge in [-0.05, 0) is 20.0 Å². The summed E-state index contributed by atoms with van der Waals surface area (Å²) in [6.45, 7) is 8.24. The molecule has 1 fully saturated rings. The van der Waals surface area contributed by atoms with Crippen molar-refractivity contribution in [3.05, 3.63) is 35.6 Å². The first kappa shape index (κ1) is 14.4. The van der Waals surface area contributed by atoms with Crippen molar-refractivity contribution in [2.45, 2.75) is 19.5 Å². The van der Waals surface area contributed by atoms with Crippen LogP contribution in [0.5, 0.6) is 0 Å². The van der Waals surface area contributed by atoms with Gasteiger partial charge in [0.05, 0.1) is 0 Å². The Morgan fingerprint density at radius 2 is 2.00 bits per heavy atom. The van der Waals surface area contributed by atoms with Gasteiger partial charge in [-0.2, -0.15) is 0 Å². The summed E-state index contributed by atoms with van der Waals surface area (Å²) in [6, 6.07) is 7.54. The number of piperazine rings is 1. The lowest BCUT2D eigenvalue weighted by Gasteiger charge is -2.35. The number of nitrogens with one attached hydrogen (secondary N) is 1. The van der Waals surface area contributed by atoms with Crippen LogP contribution in [0.4, 0.5) is 4.39 Å². The average Bonchev–Trinajstić information content (AvgIpc) is 2.42. The zero-order valence-electron chi connectivity index (χ0n) is 11.9. The van der Waals surface area contributed by atoms with Crippen molar-refractivity contribution in [1.82, 2.24) is 15.1 Å². The summed E-state index contributed by atoms with van der Waals surface area (Å²) < 4.78 is 13.6. The van der Waals surface area contributed by atoms with Crippen LogP contribution in [0, 0.1) is 5.82 Å². The third-order valence-corrected chi connectivity index (χ3v) is 3.75. The minimum absolute atomic E-state index is 0.107. The summed E-state index contributed by atoms with van der Waals surface area (Å²) in [5.41, 5.74) is 0.775.